The highest BCUT2D eigenvalue weighted by Gasteiger charge is 2.52. The van der Waals surface area contributed by atoms with Crippen LogP contribution in [0.5, 0.6) is 5.75 Å². The Morgan fingerprint density at radius 3 is 1.93 bits per heavy atom. The molecule has 2 aromatic rings. The SMILES string of the molecule is CC(Oc1cc(B2OC(C)(C)C(C)(C)O2)cnc1N(C(=O)OC(C)(C)C)C(=O)OC(C)(C)C)c1cc(Cl)ccc1Cl. The summed E-state index contributed by atoms with van der Waals surface area (Å²) in [6, 6.07) is 6.62. The molecule has 2 heterocycles. The minimum absolute atomic E-state index is 0.0671. The van der Waals surface area contributed by atoms with Crippen molar-refractivity contribution in [3.05, 3.63) is 46.1 Å². The number of nitrogens with zero attached hydrogens (tertiary/aromatic N) is 2. The normalized spacial score (nSPS) is 17.1. The highest BCUT2D eigenvalue weighted by atomic mass is 35.5. The molecular weight excluding hydrogens is 570 g/mol. The number of carbonyl (C=O) groups is 2. The fourth-order valence-corrected chi connectivity index (χ4v) is 4.21. The van der Waals surface area contributed by atoms with E-state index >= 15 is 0 Å². The molecule has 1 unspecified atom stereocenters. The van der Waals surface area contributed by atoms with Crippen LogP contribution in [0.3, 0.4) is 0 Å². The minimum atomic E-state index is -0.985. The van der Waals surface area contributed by atoms with Crippen LogP contribution >= 0.6 is 23.2 Å². The number of anilines is 1. The van der Waals surface area contributed by atoms with Crippen molar-refractivity contribution in [3.8, 4) is 5.75 Å². The van der Waals surface area contributed by atoms with Crippen LogP contribution in [0.1, 0.15) is 87.8 Å². The standard InChI is InChI=1S/C29H39BCl2N2O7/c1-17(20-15-19(31)12-13-21(20)32)37-22-14-18(30-40-28(8,9)29(10,11)41-30)16-33-23(22)34(24(35)38-26(2,3)4)25(36)39-27(5,6)7/h12-17H,1-11H3. The van der Waals surface area contributed by atoms with Crippen molar-refractivity contribution in [3.63, 3.8) is 0 Å². The molecule has 1 aliphatic heterocycles. The molecule has 0 aliphatic carbocycles. The second kappa shape index (κ2) is 11.6. The first-order valence-corrected chi connectivity index (χ1v) is 14.1. The highest BCUT2D eigenvalue weighted by molar-refractivity contribution is 6.62. The molecule has 1 aromatic carbocycles. The van der Waals surface area contributed by atoms with Gasteiger partial charge in [0.15, 0.2) is 11.6 Å². The summed E-state index contributed by atoms with van der Waals surface area (Å²) in [5.41, 5.74) is -1.95. The number of halogens is 2. The lowest BCUT2D eigenvalue weighted by molar-refractivity contribution is 0.00578. The van der Waals surface area contributed by atoms with Gasteiger partial charge in [0.2, 0.25) is 0 Å². The lowest BCUT2D eigenvalue weighted by atomic mass is 9.80. The first-order valence-electron chi connectivity index (χ1n) is 13.3. The van der Waals surface area contributed by atoms with Crippen molar-refractivity contribution in [1.82, 2.24) is 4.98 Å². The van der Waals surface area contributed by atoms with E-state index in [-0.39, 0.29) is 11.6 Å². The Balaban J connectivity index is 2.16. The number of pyridine rings is 1. The molecule has 1 aliphatic rings. The second-order valence-corrected chi connectivity index (χ2v) is 13.7. The summed E-state index contributed by atoms with van der Waals surface area (Å²) in [4.78, 5) is 32.1. The Hall–Kier alpha value is -2.53. The number of hydrogen-bond acceptors (Lipinski definition) is 8. The van der Waals surface area contributed by atoms with Gasteiger partial charge in [0, 0.05) is 27.3 Å². The summed E-state index contributed by atoms with van der Waals surface area (Å²) < 4.78 is 29.9. The van der Waals surface area contributed by atoms with Crippen molar-refractivity contribution in [2.45, 2.75) is 105 Å². The number of carbonyl (C=O) groups excluding carboxylic acids is 2. The first kappa shape index (κ1) is 33.0. The van der Waals surface area contributed by atoms with Gasteiger partial charge < -0.3 is 23.5 Å². The zero-order chi connectivity index (χ0) is 31.1. The van der Waals surface area contributed by atoms with Gasteiger partial charge in [-0.25, -0.2) is 14.6 Å². The molecule has 9 nitrogen and oxygen atoms in total. The summed E-state index contributed by atoms with van der Waals surface area (Å²) in [5, 5.41) is 0.892. The van der Waals surface area contributed by atoms with Gasteiger partial charge in [0.25, 0.3) is 0 Å². The molecule has 1 saturated heterocycles. The maximum atomic E-state index is 13.4. The number of imide groups is 1. The predicted molar refractivity (Wildman–Crippen MR) is 160 cm³/mol. The third kappa shape index (κ3) is 8.06. The Bertz CT molecular complexity index is 1260. The van der Waals surface area contributed by atoms with E-state index in [1.54, 1.807) is 72.7 Å². The van der Waals surface area contributed by atoms with E-state index in [4.69, 9.17) is 46.7 Å². The van der Waals surface area contributed by atoms with Crippen LogP contribution in [-0.2, 0) is 18.8 Å². The average Bonchev–Trinajstić information content (AvgIpc) is 3.00. The number of rotatable bonds is 5. The van der Waals surface area contributed by atoms with Crippen LogP contribution in [0.4, 0.5) is 15.4 Å². The number of aromatic nitrogens is 1. The topological polar surface area (TPSA) is 96.4 Å². The number of amides is 2. The molecule has 0 N–H and O–H groups in total. The summed E-state index contributed by atoms with van der Waals surface area (Å²) in [5.74, 6) is -0.0729. The van der Waals surface area contributed by atoms with Crippen LogP contribution < -0.4 is 15.1 Å². The quantitative estimate of drug-likeness (QED) is 0.322. The predicted octanol–water partition coefficient (Wildman–Crippen LogP) is 7.50. The summed E-state index contributed by atoms with van der Waals surface area (Å²) >= 11 is 12.7. The van der Waals surface area contributed by atoms with Crippen molar-refractivity contribution < 1.29 is 33.1 Å². The lowest BCUT2D eigenvalue weighted by Gasteiger charge is -2.32. The van der Waals surface area contributed by atoms with E-state index in [9.17, 15) is 9.59 Å². The fourth-order valence-electron chi connectivity index (χ4n) is 3.76. The maximum Gasteiger partial charge on any atom is 0.496 e. The number of ether oxygens (including phenoxy) is 3. The monoisotopic (exact) mass is 608 g/mol. The zero-order valence-electron chi connectivity index (χ0n) is 25.5. The van der Waals surface area contributed by atoms with Gasteiger partial charge in [-0.3, -0.25) is 0 Å². The van der Waals surface area contributed by atoms with Crippen molar-refractivity contribution in [1.29, 1.82) is 0 Å². The molecule has 12 heteroatoms. The molecule has 0 spiro atoms. The first-order chi connectivity index (χ1) is 18.6. The van der Waals surface area contributed by atoms with Crippen LogP contribution in [-0.4, -0.2) is 46.7 Å². The van der Waals surface area contributed by atoms with Crippen LogP contribution in [0.2, 0.25) is 10.0 Å². The minimum Gasteiger partial charge on any atom is -0.482 e. The molecule has 224 valence electrons. The number of benzene rings is 1. The van der Waals surface area contributed by atoms with E-state index in [1.807, 2.05) is 27.7 Å². The van der Waals surface area contributed by atoms with E-state index in [0.717, 1.165) is 0 Å². The average molecular weight is 609 g/mol. The molecular formula is C29H39BCl2N2O7. The van der Waals surface area contributed by atoms with Crippen molar-refractivity contribution in [2.24, 2.45) is 0 Å². The van der Waals surface area contributed by atoms with Crippen LogP contribution in [0.25, 0.3) is 0 Å². The smallest absolute Gasteiger partial charge is 0.482 e. The molecule has 2 amide bonds. The molecule has 0 saturated carbocycles. The fraction of sp³-hybridized carbons (Fsp3) is 0.552. The van der Waals surface area contributed by atoms with Gasteiger partial charge in [0.1, 0.15) is 17.3 Å². The van der Waals surface area contributed by atoms with E-state index in [1.165, 1.54) is 6.20 Å². The second-order valence-electron chi connectivity index (χ2n) is 12.9. The molecule has 1 fully saturated rings. The molecule has 41 heavy (non-hydrogen) atoms. The zero-order valence-corrected chi connectivity index (χ0v) is 27.1. The van der Waals surface area contributed by atoms with Crippen LogP contribution in [0.15, 0.2) is 30.5 Å². The van der Waals surface area contributed by atoms with E-state index in [2.05, 4.69) is 4.98 Å². The third-order valence-corrected chi connectivity index (χ3v) is 7.02. The molecule has 0 radical (unpaired) electrons. The number of hydrogen-bond donors (Lipinski definition) is 0. The summed E-state index contributed by atoms with van der Waals surface area (Å²) in [6.07, 6.45) is -1.18. The summed E-state index contributed by atoms with van der Waals surface area (Å²) in [7, 11) is -0.787. The van der Waals surface area contributed by atoms with Crippen LogP contribution in [0, 0.1) is 0 Å². The molecule has 1 aromatic heterocycles. The maximum absolute atomic E-state index is 13.4. The summed E-state index contributed by atoms with van der Waals surface area (Å²) in [6.45, 7) is 19.6. The van der Waals surface area contributed by atoms with E-state index in [0.29, 0.717) is 26.0 Å². The lowest BCUT2D eigenvalue weighted by Crippen LogP contribution is -2.45. The van der Waals surface area contributed by atoms with Gasteiger partial charge >= 0.3 is 19.3 Å². The van der Waals surface area contributed by atoms with Gasteiger partial charge in [-0.15, -0.1) is 0 Å². The largest absolute Gasteiger partial charge is 0.496 e. The van der Waals surface area contributed by atoms with E-state index < -0.39 is 47.8 Å². The van der Waals surface area contributed by atoms with Gasteiger partial charge in [-0.1, -0.05) is 23.2 Å². The Kier molecular flexibility index (Phi) is 9.36. The van der Waals surface area contributed by atoms with Gasteiger partial charge in [-0.2, -0.15) is 4.90 Å². The van der Waals surface area contributed by atoms with Gasteiger partial charge in [-0.05, 0) is 100 Å². The Morgan fingerprint density at radius 1 is 0.927 bits per heavy atom. The third-order valence-electron chi connectivity index (χ3n) is 6.44. The Morgan fingerprint density at radius 2 is 1.44 bits per heavy atom. The Labute approximate surface area is 252 Å². The highest BCUT2D eigenvalue weighted by Crippen LogP contribution is 2.38. The molecule has 3 rings (SSSR count). The molecule has 0 bridgehead atoms. The van der Waals surface area contributed by atoms with Crippen molar-refractivity contribution in [2.75, 3.05) is 4.90 Å². The molecule has 1 atom stereocenters. The van der Waals surface area contributed by atoms with Gasteiger partial charge in [0.05, 0.1) is 11.2 Å². The van der Waals surface area contributed by atoms with Crippen molar-refractivity contribution >= 4 is 53.8 Å².